The third-order valence-electron chi connectivity index (χ3n) is 4.63. The van der Waals surface area contributed by atoms with Gasteiger partial charge in [0, 0.05) is 18.9 Å². The van der Waals surface area contributed by atoms with E-state index in [0.717, 1.165) is 57.8 Å². The van der Waals surface area contributed by atoms with Gasteiger partial charge < -0.3 is 9.47 Å². The molecule has 0 saturated carbocycles. The molecule has 0 fully saturated rings. The average molecular weight is 442 g/mol. The molecule has 0 spiro atoms. The second-order valence-electron chi connectivity index (χ2n) is 7.25. The topological polar surface area (TPSA) is 95.7 Å². The number of hydrogen-bond acceptors (Lipinski definition) is 6. The molecule has 0 heterocycles. The van der Waals surface area contributed by atoms with E-state index in [-0.39, 0.29) is 29.3 Å². The zero-order chi connectivity index (χ0) is 22.2. The number of carbonyl (C=O) groups is 2. The Kier molecular flexibility index (Phi) is 13.5. The molecule has 1 rings (SSSR count). The van der Waals surface area contributed by atoms with E-state index in [1.807, 2.05) is 0 Å². The van der Waals surface area contributed by atoms with Gasteiger partial charge >= 0.3 is 11.9 Å². The summed E-state index contributed by atoms with van der Waals surface area (Å²) >= 11 is 5.76. The molecule has 1 aromatic rings. The van der Waals surface area contributed by atoms with Crippen molar-refractivity contribution in [2.45, 2.75) is 84.2 Å². The van der Waals surface area contributed by atoms with Gasteiger partial charge in [0.15, 0.2) is 0 Å². The molecule has 0 aliphatic heterocycles. The maximum atomic E-state index is 11.8. The number of benzene rings is 1. The summed E-state index contributed by atoms with van der Waals surface area (Å²) in [6.07, 6.45) is 9.42. The summed E-state index contributed by atoms with van der Waals surface area (Å²) < 4.78 is 10.3. The number of halogens is 1. The van der Waals surface area contributed by atoms with Crippen LogP contribution in [0.15, 0.2) is 18.2 Å². The van der Waals surface area contributed by atoms with Crippen molar-refractivity contribution in [3.05, 3.63) is 38.9 Å². The Morgan fingerprint density at radius 1 is 0.933 bits per heavy atom. The van der Waals surface area contributed by atoms with Crippen molar-refractivity contribution in [3.8, 4) is 0 Å². The monoisotopic (exact) mass is 441 g/mol. The van der Waals surface area contributed by atoms with Crippen LogP contribution in [0.2, 0.25) is 5.02 Å². The lowest BCUT2D eigenvalue weighted by Gasteiger charge is -2.06. The van der Waals surface area contributed by atoms with Crippen molar-refractivity contribution in [2.75, 3.05) is 6.61 Å². The Hall–Kier alpha value is -2.15. The fraction of sp³-hybridized carbons (Fsp3) is 0.636. The van der Waals surface area contributed by atoms with Crippen molar-refractivity contribution in [1.82, 2.24) is 0 Å². The number of unbranched alkanes of at least 4 members (excludes halogenated alkanes) is 7. The Morgan fingerprint density at radius 2 is 1.53 bits per heavy atom. The van der Waals surface area contributed by atoms with Crippen molar-refractivity contribution < 1.29 is 24.0 Å². The quantitative estimate of drug-likeness (QED) is 0.132. The van der Waals surface area contributed by atoms with E-state index in [1.165, 1.54) is 12.1 Å². The van der Waals surface area contributed by atoms with E-state index in [4.69, 9.17) is 21.1 Å². The second kappa shape index (κ2) is 15.7. The van der Waals surface area contributed by atoms with Gasteiger partial charge in [-0.05, 0) is 30.9 Å². The largest absolute Gasteiger partial charge is 0.466 e. The Morgan fingerprint density at radius 3 is 2.13 bits per heavy atom. The maximum Gasteiger partial charge on any atom is 0.306 e. The number of nitrogens with zero attached hydrogens (tertiary/aromatic N) is 1. The molecule has 0 saturated heterocycles. The van der Waals surface area contributed by atoms with Gasteiger partial charge in [-0.25, -0.2) is 0 Å². The highest BCUT2D eigenvalue weighted by Gasteiger charge is 2.13. The summed E-state index contributed by atoms with van der Waals surface area (Å²) in [6, 6.07) is 4.34. The highest BCUT2D eigenvalue weighted by molar-refractivity contribution is 6.32. The highest BCUT2D eigenvalue weighted by atomic mass is 35.5. The lowest BCUT2D eigenvalue weighted by atomic mass is 10.1. The van der Waals surface area contributed by atoms with Crippen LogP contribution in [-0.2, 0) is 25.7 Å². The van der Waals surface area contributed by atoms with Crippen molar-refractivity contribution in [2.24, 2.45) is 0 Å². The van der Waals surface area contributed by atoms with E-state index >= 15 is 0 Å². The number of ether oxygens (including phenoxy) is 2. The summed E-state index contributed by atoms with van der Waals surface area (Å²) in [4.78, 5) is 33.6. The fourth-order valence-electron chi connectivity index (χ4n) is 2.88. The second-order valence-corrected chi connectivity index (χ2v) is 7.66. The first-order chi connectivity index (χ1) is 14.4. The molecule has 0 atom stereocenters. The first-order valence-electron chi connectivity index (χ1n) is 10.7. The van der Waals surface area contributed by atoms with Gasteiger partial charge in [-0.15, -0.1) is 0 Å². The minimum atomic E-state index is -0.565. The molecular weight excluding hydrogens is 410 g/mol. The smallest absolute Gasteiger partial charge is 0.306 e. The molecule has 30 heavy (non-hydrogen) atoms. The summed E-state index contributed by atoms with van der Waals surface area (Å²) in [6.45, 7) is 2.63. The van der Waals surface area contributed by atoms with Crippen LogP contribution in [0.4, 0.5) is 5.69 Å². The number of hydrogen-bond donors (Lipinski definition) is 0. The van der Waals surface area contributed by atoms with Gasteiger partial charge in [-0.3, -0.25) is 19.7 Å². The first kappa shape index (κ1) is 25.9. The first-order valence-corrected chi connectivity index (χ1v) is 11.1. The highest BCUT2D eigenvalue weighted by Crippen LogP contribution is 2.25. The molecule has 0 amide bonds. The van der Waals surface area contributed by atoms with E-state index in [2.05, 4.69) is 6.92 Å². The third-order valence-corrected chi connectivity index (χ3v) is 4.95. The molecule has 0 aromatic heterocycles. The predicted octanol–water partition coefficient (Wildman–Crippen LogP) is 6.15. The Balaban J connectivity index is 2.03. The molecule has 0 aliphatic rings. The van der Waals surface area contributed by atoms with Gasteiger partial charge in [0.25, 0.3) is 5.69 Å². The number of rotatable bonds is 16. The molecule has 7 nitrogen and oxygen atoms in total. The summed E-state index contributed by atoms with van der Waals surface area (Å²) in [5, 5.41) is 10.9. The lowest BCUT2D eigenvalue weighted by Crippen LogP contribution is -2.05. The van der Waals surface area contributed by atoms with Crippen molar-refractivity contribution in [1.29, 1.82) is 0 Å². The Labute approximate surface area is 183 Å². The molecule has 1 aromatic carbocycles. The Bertz CT molecular complexity index is 680. The van der Waals surface area contributed by atoms with Crippen LogP contribution in [0, 0.1) is 10.1 Å². The van der Waals surface area contributed by atoms with Crippen LogP contribution in [0.3, 0.4) is 0 Å². The molecule has 8 heteroatoms. The molecule has 168 valence electrons. The van der Waals surface area contributed by atoms with Crippen LogP contribution in [-0.4, -0.2) is 23.5 Å². The molecule has 0 radical (unpaired) electrons. The van der Waals surface area contributed by atoms with E-state index < -0.39 is 4.92 Å². The number of esters is 2. The molecule has 0 N–H and O–H groups in total. The summed E-state index contributed by atoms with van der Waals surface area (Å²) in [5.41, 5.74) is 0.332. The van der Waals surface area contributed by atoms with E-state index in [1.54, 1.807) is 6.07 Å². The van der Waals surface area contributed by atoms with Gasteiger partial charge in [-0.2, -0.15) is 0 Å². The normalized spacial score (nSPS) is 10.6. The minimum absolute atomic E-state index is 0.00855. The minimum Gasteiger partial charge on any atom is -0.466 e. The van der Waals surface area contributed by atoms with Crippen molar-refractivity contribution >= 4 is 29.2 Å². The van der Waals surface area contributed by atoms with Crippen LogP contribution in [0.5, 0.6) is 0 Å². The average Bonchev–Trinajstić information content (AvgIpc) is 2.72. The fourth-order valence-corrected chi connectivity index (χ4v) is 3.07. The summed E-state index contributed by atoms with van der Waals surface area (Å²) in [7, 11) is 0. The third kappa shape index (κ3) is 11.8. The van der Waals surface area contributed by atoms with E-state index in [0.29, 0.717) is 25.0 Å². The van der Waals surface area contributed by atoms with Crippen molar-refractivity contribution in [3.63, 3.8) is 0 Å². The lowest BCUT2D eigenvalue weighted by molar-refractivity contribution is -0.384. The molecule has 0 unspecified atom stereocenters. The predicted molar refractivity (Wildman–Crippen MR) is 115 cm³/mol. The SMILES string of the molecule is CCCCCOC(=O)CCCCCCCCC(=O)OCc1ccc(Cl)c([N+](=O)[O-])c1. The maximum absolute atomic E-state index is 11.8. The number of nitro benzene ring substituents is 1. The van der Waals surface area contributed by atoms with Gasteiger partial charge in [0.05, 0.1) is 11.5 Å². The summed E-state index contributed by atoms with van der Waals surface area (Å²) in [5.74, 6) is -0.432. The van der Waals surface area contributed by atoms with Crippen LogP contribution >= 0.6 is 11.6 Å². The van der Waals surface area contributed by atoms with Crippen LogP contribution < -0.4 is 0 Å². The van der Waals surface area contributed by atoms with Gasteiger partial charge in [0.2, 0.25) is 0 Å². The zero-order valence-corrected chi connectivity index (χ0v) is 18.5. The van der Waals surface area contributed by atoms with E-state index in [9.17, 15) is 19.7 Å². The van der Waals surface area contributed by atoms with Crippen LogP contribution in [0.25, 0.3) is 0 Å². The van der Waals surface area contributed by atoms with Crippen LogP contribution in [0.1, 0.15) is 83.1 Å². The molecule has 0 aliphatic carbocycles. The van der Waals surface area contributed by atoms with Gasteiger partial charge in [-0.1, -0.05) is 63.1 Å². The molecule has 0 bridgehead atoms. The van der Waals surface area contributed by atoms with Gasteiger partial charge in [0.1, 0.15) is 11.6 Å². The number of carbonyl (C=O) groups excluding carboxylic acids is 2. The zero-order valence-electron chi connectivity index (χ0n) is 17.7. The standard InChI is InChI=1S/C22H32ClNO6/c1-2-3-10-15-29-21(25)11-8-6-4-5-7-9-12-22(26)30-17-18-13-14-19(23)20(16-18)24(27)28/h13-14,16H,2-12,15,17H2,1H3. The molecular formula is C22H32ClNO6. The number of nitro groups is 1.